The standard InChI is InChI=1S/C26H22BrN5O4/c1-35-21-12-8-19(9-13-21)28-25-24(32(33)34)23(16-5-17-3-6-18(27)7-4-17)30-26(31-25)29-20-10-14-22(36-2)15-11-20/h3-16H,1-2H3,(H2,28,29,30,31)/b16-5-. The Morgan fingerprint density at radius 2 is 1.36 bits per heavy atom. The lowest BCUT2D eigenvalue weighted by atomic mass is 10.2. The summed E-state index contributed by atoms with van der Waals surface area (Å²) in [6.07, 6.45) is 3.36. The normalized spacial score (nSPS) is 10.8. The van der Waals surface area contributed by atoms with Crippen LogP contribution in [0.2, 0.25) is 0 Å². The minimum Gasteiger partial charge on any atom is -0.497 e. The van der Waals surface area contributed by atoms with Gasteiger partial charge in [-0.15, -0.1) is 0 Å². The molecular formula is C26H22BrN5O4. The highest BCUT2D eigenvalue weighted by atomic mass is 79.9. The molecule has 9 nitrogen and oxygen atoms in total. The average Bonchev–Trinajstić information content (AvgIpc) is 2.89. The Balaban J connectivity index is 1.76. The molecule has 182 valence electrons. The van der Waals surface area contributed by atoms with Crippen molar-refractivity contribution in [3.05, 3.63) is 98.6 Å². The van der Waals surface area contributed by atoms with Crippen LogP contribution in [0.3, 0.4) is 0 Å². The first-order valence-corrected chi connectivity index (χ1v) is 11.6. The van der Waals surface area contributed by atoms with Crippen LogP contribution in [0.15, 0.2) is 77.3 Å². The predicted octanol–water partition coefficient (Wildman–Crippen LogP) is 6.82. The van der Waals surface area contributed by atoms with Crippen molar-refractivity contribution < 1.29 is 14.4 Å². The monoisotopic (exact) mass is 547 g/mol. The third-order valence-electron chi connectivity index (χ3n) is 5.10. The summed E-state index contributed by atoms with van der Waals surface area (Å²) in [5, 5.41) is 18.3. The second-order valence-corrected chi connectivity index (χ2v) is 8.39. The van der Waals surface area contributed by atoms with Gasteiger partial charge in [-0.25, -0.2) is 4.98 Å². The molecule has 0 fully saturated rings. The van der Waals surface area contributed by atoms with Crippen molar-refractivity contribution in [3.63, 3.8) is 0 Å². The third kappa shape index (κ3) is 6.16. The van der Waals surface area contributed by atoms with Gasteiger partial charge in [-0.2, -0.15) is 4.98 Å². The molecule has 0 amide bonds. The summed E-state index contributed by atoms with van der Waals surface area (Å²) in [7, 11) is 3.15. The summed E-state index contributed by atoms with van der Waals surface area (Å²) in [5.41, 5.74) is 2.06. The van der Waals surface area contributed by atoms with Crippen molar-refractivity contribution in [3.8, 4) is 11.5 Å². The number of ether oxygens (including phenoxy) is 2. The third-order valence-corrected chi connectivity index (χ3v) is 5.62. The number of aromatic nitrogens is 2. The van der Waals surface area contributed by atoms with E-state index in [0.29, 0.717) is 22.9 Å². The number of nitrogens with zero attached hydrogens (tertiary/aromatic N) is 3. The molecule has 1 aromatic heterocycles. The van der Waals surface area contributed by atoms with E-state index < -0.39 is 4.92 Å². The van der Waals surface area contributed by atoms with Gasteiger partial charge in [0.05, 0.1) is 19.1 Å². The van der Waals surface area contributed by atoms with Gasteiger partial charge in [-0.05, 0) is 72.3 Å². The molecule has 0 radical (unpaired) electrons. The number of nitrogens with one attached hydrogen (secondary N) is 2. The zero-order valence-electron chi connectivity index (χ0n) is 19.4. The smallest absolute Gasteiger partial charge is 0.337 e. The van der Waals surface area contributed by atoms with Gasteiger partial charge in [-0.1, -0.05) is 34.1 Å². The van der Waals surface area contributed by atoms with Crippen molar-refractivity contribution in [2.24, 2.45) is 0 Å². The highest BCUT2D eigenvalue weighted by Gasteiger charge is 2.24. The molecule has 10 heteroatoms. The maximum Gasteiger partial charge on any atom is 0.337 e. The van der Waals surface area contributed by atoms with E-state index in [-0.39, 0.29) is 23.1 Å². The largest absolute Gasteiger partial charge is 0.497 e. The van der Waals surface area contributed by atoms with Gasteiger partial charge >= 0.3 is 5.69 Å². The SMILES string of the molecule is COc1ccc(Nc2nc(/C=C\c3ccc(Br)cc3)c([N+](=O)[O-])c(Nc3ccc(OC)cc3)n2)cc1. The van der Waals surface area contributed by atoms with Crippen molar-refractivity contribution in [1.82, 2.24) is 9.97 Å². The summed E-state index contributed by atoms with van der Waals surface area (Å²) in [6.45, 7) is 0. The van der Waals surface area contributed by atoms with Crippen LogP contribution in [0, 0.1) is 10.1 Å². The fraction of sp³-hybridized carbons (Fsp3) is 0.0769. The molecule has 3 aromatic carbocycles. The number of halogens is 1. The number of hydrogen-bond acceptors (Lipinski definition) is 8. The van der Waals surface area contributed by atoms with E-state index in [1.807, 2.05) is 24.3 Å². The van der Waals surface area contributed by atoms with Crippen molar-refractivity contribution in [2.75, 3.05) is 24.9 Å². The van der Waals surface area contributed by atoms with Crippen LogP contribution in [0.4, 0.5) is 28.8 Å². The van der Waals surface area contributed by atoms with Gasteiger partial charge in [0, 0.05) is 15.8 Å². The summed E-state index contributed by atoms with van der Waals surface area (Å²) in [5.74, 6) is 1.60. The molecule has 4 rings (SSSR count). The lowest BCUT2D eigenvalue weighted by Crippen LogP contribution is -2.07. The highest BCUT2D eigenvalue weighted by molar-refractivity contribution is 9.10. The molecule has 2 N–H and O–H groups in total. The number of rotatable bonds is 9. The quantitative estimate of drug-likeness (QED) is 0.173. The zero-order valence-corrected chi connectivity index (χ0v) is 21.0. The fourth-order valence-corrected chi connectivity index (χ4v) is 3.54. The van der Waals surface area contributed by atoms with Gasteiger partial charge in [0.2, 0.25) is 11.8 Å². The summed E-state index contributed by atoms with van der Waals surface area (Å²) in [4.78, 5) is 20.5. The summed E-state index contributed by atoms with van der Waals surface area (Å²) >= 11 is 3.41. The highest BCUT2D eigenvalue weighted by Crippen LogP contribution is 2.32. The molecule has 0 saturated heterocycles. The minimum atomic E-state index is -0.496. The van der Waals surface area contributed by atoms with Crippen LogP contribution < -0.4 is 20.1 Å². The topological polar surface area (TPSA) is 111 Å². The molecular weight excluding hydrogens is 526 g/mol. The van der Waals surface area contributed by atoms with Gasteiger partial charge in [0.25, 0.3) is 0 Å². The maximum absolute atomic E-state index is 12.1. The van der Waals surface area contributed by atoms with Crippen LogP contribution >= 0.6 is 15.9 Å². The number of nitro groups is 1. The first kappa shape index (κ1) is 24.7. The number of hydrogen-bond donors (Lipinski definition) is 2. The number of benzene rings is 3. The van der Waals surface area contributed by atoms with Crippen LogP contribution in [0.5, 0.6) is 11.5 Å². The minimum absolute atomic E-state index is 0.0478. The van der Waals surface area contributed by atoms with E-state index in [4.69, 9.17) is 9.47 Å². The Hall–Kier alpha value is -4.44. The van der Waals surface area contributed by atoms with Gasteiger partial charge in [0.15, 0.2) is 0 Å². The first-order valence-electron chi connectivity index (χ1n) is 10.8. The fourth-order valence-electron chi connectivity index (χ4n) is 3.28. The molecule has 0 aliphatic heterocycles. The lowest BCUT2D eigenvalue weighted by molar-refractivity contribution is -0.384. The predicted molar refractivity (Wildman–Crippen MR) is 144 cm³/mol. The average molecular weight is 548 g/mol. The second kappa shape index (κ2) is 11.3. The molecule has 0 atom stereocenters. The zero-order chi connectivity index (χ0) is 25.5. The van der Waals surface area contributed by atoms with E-state index in [0.717, 1.165) is 10.0 Å². The van der Waals surface area contributed by atoms with Crippen LogP contribution in [0.25, 0.3) is 12.2 Å². The Morgan fingerprint density at radius 3 is 1.89 bits per heavy atom. The lowest BCUT2D eigenvalue weighted by Gasteiger charge is -2.12. The van der Waals surface area contributed by atoms with Gasteiger partial charge in [-0.3, -0.25) is 10.1 Å². The van der Waals surface area contributed by atoms with E-state index in [9.17, 15) is 10.1 Å². The molecule has 0 saturated carbocycles. The molecule has 0 unspecified atom stereocenters. The van der Waals surface area contributed by atoms with Crippen molar-refractivity contribution >= 4 is 56.9 Å². The molecule has 4 aromatic rings. The van der Waals surface area contributed by atoms with Gasteiger partial charge < -0.3 is 20.1 Å². The second-order valence-electron chi connectivity index (χ2n) is 7.48. The Morgan fingerprint density at radius 1 is 0.806 bits per heavy atom. The Kier molecular flexibility index (Phi) is 7.76. The molecule has 0 aliphatic rings. The number of anilines is 4. The molecule has 0 bridgehead atoms. The van der Waals surface area contributed by atoms with Gasteiger partial charge in [0.1, 0.15) is 17.2 Å². The van der Waals surface area contributed by atoms with Crippen LogP contribution in [-0.2, 0) is 0 Å². The van der Waals surface area contributed by atoms with E-state index in [1.54, 1.807) is 74.9 Å². The van der Waals surface area contributed by atoms with E-state index >= 15 is 0 Å². The van der Waals surface area contributed by atoms with Crippen LogP contribution in [0.1, 0.15) is 11.3 Å². The summed E-state index contributed by atoms with van der Waals surface area (Å²) in [6, 6.07) is 21.7. The molecule has 1 heterocycles. The molecule has 0 spiro atoms. The Bertz CT molecular complexity index is 1380. The maximum atomic E-state index is 12.1. The summed E-state index contributed by atoms with van der Waals surface area (Å²) < 4.78 is 11.3. The van der Waals surface area contributed by atoms with E-state index in [1.165, 1.54) is 0 Å². The van der Waals surface area contributed by atoms with Crippen molar-refractivity contribution in [1.29, 1.82) is 0 Å². The van der Waals surface area contributed by atoms with E-state index in [2.05, 4.69) is 36.5 Å². The van der Waals surface area contributed by atoms with Crippen molar-refractivity contribution in [2.45, 2.75) is 0 Å². The Labute approximate surface area is 216 Å². The first-order chi connectivity index (χ1) is 17.4. The van der Waals surface area contributed by atoms with Crippen LogP contribution in [-0.4, -0.2) is 29.1 Å². The number of methoxy groups -OCH3 is 2. The molecule has 36 heavy (non-hydrogen) atoms. The molecule has 0 aliphatic carbocycles.